The molecule has 0 aliphatic heterocycles. The first-order valence-corrected chi connectivity index (χ1v) is 8.81. The lowest BCUT2D eigenvalue weighted by Gasteiger charge is -2.05. The zero-order valence-corrected chi connectivity index (χ0v) is 15.2. The maximum Gasteiger partial charge on any atom is 0.258 e. The summed E-state index contributed by atoms with van der Waals surface area (Å²) in [5.41, 5.74) is 4.97. The van der Waals surface area contributed by atoms with Gasteiger partial charge in [0.1, 0.15) is 0 Å². The van der Waals surface area contributed by atoms with Gasteiger partial charge in [0.25, 0.3) is 5.91 Å². The first-order valence-electron chi connectivity index (χ1n) is 7.13. The Morgan fingerprint density at radius 2 is 1.96 bits per heavy atom. The molecule has 0 radical (unpaired) electrons. The van der Waals surface area contributed by atoms with E-state index < -0.39 is 0 Å². The van der Waals surface area contributed by atoms with E-state index >= 15 is 0 Å². The van der Waals surface area contributed by atoms with Crippen molar-refractivity contribution >= 4 is 38.3 Å². The predicted molar refractivity (Wildman–Crippen MR) is 99.1 cm³/mol. The zero-order valence-electron chi connectivity index (χ0n) is 12.8. The van der Waals surface area contributed by atoms with Crippen molar-refractivity contribution in [3.63, 3.8) is 0 Å². The molecule has 1 N–H and O–H groups in total. The summed E-state index contributed by atoms with van der Waals surface area (Å²) in [5.74, 6) is -0.168. The van der Waals surface area contributed by atoms with E-state index in [0.717, 1.165) is 15.7 Å². The average Bonchev–Trinajstić information content (AvgIpc) is 2.95. The minimum atomic E-state index is -0.168. The van der Waals surface area contributed by atoms with E-state index in [2.05, 4.69) is 58.3 Å². The Kier molecular flexibility index (Phi) is 4.59. The number of benzene rings is 2. The van der Waals surface area contributed by atoms with E-state index in [1.807, 2.05) is 23.6 Å². The monoisotopic (exact) mass is 386 g/mol. The van der Waals surface area contributed by atoms with Crippen LogP contribution in [-0.4, -0.2) is 10.9 Å². The summed E-state index contributed by atoms with van der Waals surface area (Å²) in [4.78, 5) is 16.9. The third-order valence-electron chi connectivity index (χ3n) is 3.50. The molecule has 0 unspecified atom stereocenters. The lowest BCUT2D eigenvalue weighted by molar-refractivity contribution is 0.102. The van der Waals surface area contributed by atoms with Crippen molar-refractivity contribution in [1.82, 2.24) is 4.98 Å². The van der Waals surface area contributed by atoms with Crippen LogP contribution in [0.5, 0.6) is 0 Å². The number of nitrogens with zero attached hydrogens (tertiary/aromatic N) is 1. The molecule has 116 valence electrons. The number of carbonyl (C=O) groups excluding carboxylic acids is 1. The molecule has 0 saturated heterocycles. The van der Waals surface area contributed by atoms with Crippen LogP contribution in [0.3, 0.4) is 0 Å². The number of hydrogen-bond donors (Lipinski definition) is 1. The van der Waals surface area contributed by atoms with Gasteiger partial charge in [-0.15, -0.1) is 11.3 Å². The Morgan fingerprint density at radius 1 is 1.17 bits per heavy atom. The van der Waals surface area contributed by atoms with Crippen molar-refractivity contribution in [3.05, 3.63) is 69.0 Å². The van der Waals surface area contributed by atoms with Crippen molar-refractivity contribution < 1.29 is 4.79 Å². The van der Waals surface area contributed by atoms with Crippen LogP contribution in [-0.2, 0) is 0 Å². The molecular formula is C18H15BrN2OS. The molecule has 23 heavy (non-hydrogen) atoms. The molecule has 1 amide bonds. The topological polar surface area (TPSA) is 42.0 Å². The van der Waals surface area contributed by atoms with E-state index in [1.165, 1.54) is 22.5 Å². The van der Waals surface area contributed by atoms with E-state index in [-0.39, 0.29) is 5.91 Å². The number of amides is 1. The third-order valence-corrected chi connectivity index (χ3v) is 4.95. The van der Waals surface area contributed by atoms with Crippen LogP contribution in [0.15, 0.2) is 52.3 Å². The van der Waals surface area contributed by atoms with Gasteiger partial charge in [0.05, 0.1) is 11.3 Å². The molecule has 0 saturated carbocycles. The minimum Gasteiger partial charge on any atom is -0.298 e. The first-order chi connectivity index (χ1) is 11.0. The Morgan fingerprint density at radius 3 is 2.70 bits per heavy atom. The molecule has 3 nitrogen and oxygen atoms in total. The van der Waals surface area contributed by atoms with Crippen LogP contribution in [0.1, 0.15) is 21.5 Å². The van der Waals surface area contributed by atoms with Gasteiger partial charge in [-0.3, -0.25) is 10.1 Å². The largest absolute Gasteiger partial charge is 0.298 e. The van der Waals surface area contributed by atoms with Crippen molar-refractivity contribution in [2.24, 2.45) is 0 Å². The van der Waals surface area contributed by atoms with Gasteiger partial charge < -0.3 is 0 Å². The molecule has 0 spiro atoms. The molecule has 3 aromatic rings. The maximum atomic E-state index is 12.3. The Hall–Kier alpha value is -1.98. The van der Waals surface area contributed by atoms with Crippen LogP contribution >= 0.6 is 27.3 Å². The quantitative estimate of drug-likeness (QED) is 0.650. The van der Waals surface area contributed by atoms with Crippen molar-refractivity contribution in [2.75, 3.05) is 5.32 Å². The van der Waals surface area contributed by atoms with Gasteiger partial charge >= 0.3 is 0 Å². The lowest BCUT2D eigenvalue weighted by atomic mass is 10.0. The number of nitrogens with one attached hydrogen (secondary N) is 1. The summed E-state index contributed by atoms with van der Waals surface area (Å²) >= 11 is 4.82. The van der Waals surface area contributed by atoms with Gasteiger partial charge in [0, 0.05) is 15.4 Å². The summed E-state index contributed by atoms with van der Waals surface area (Å²) in [7, 11) is 0. The Balaban J connectivity index is 1.82. The first kappa shape index (κ1) is 15.9. The van der Waals surface area contributed by atoms with Gasteiger partial charge in [-0.2, -0.15) is 0 Å². The summed E-state index contributed by atoms with van der Waals surface area (Å²) in [6.07, 6.45) is 0. The second kappa shape index (κ2) is 6.64. The molecule has 0 aliphatic rings. The van der Waals surface area contributed by atoms with Crippen molar-refractivity contribution in [2.45, 2.75) is 13.8 Å². The SMILES string of the molecule is Cc1ccc(-c2csc(NC(=O)c3ccccc3Br)n2)c(C)c1. The Bertz CT molecular complexity index is 873. The van der Waals surface area contributed by atoms with Crippen LogP contribution < -0.4 is 5.32 Å². The molecule has 5 heteroatoms. The van der Waals surface area contributed by atoms with Crippen LogP contribution in [0.4, 0.5) is 5.13 Å². The highest BCUT2D eigenvalue weighted by Crippen LogP contribution is 2.28. The van der Waals surface area contributed by atoms with E-state index in [0.29, 0.717) is 10.7 Å². The van der Waals surface area contributed by atoms with Gasteiger partial charge in [-0.1, -0.05) is 35.9 Å². The zero-order chi connectivity index (χ0) is 16.4. The number of carbonyl (C=O) groups is 1. The second-order valence-electron chi connectivity index (χ2n) is 5.29. The van der Waals surface area contributed by atoms with Gasteiger partial charge in [-0.25, -0.2) is 4.98 Å². The molecule has 0 fully saturated rings. The number of aromatic nitrogens is 1. The summed E-state index contributed by atoms with van der Waals surface area (Å²) in [5, 5.41) is 5.42. The average molecular weight is 387 g/mol. The number of halogens is 1. The van der Waals surface area contributed by atoms with Crippen LogP contribution in [0, 0.1) is 13.8 Å². The molecule has 1 heterocycles. The Labute approximate surface area is 147 Å². The van der Waals surface area contributed by atoms with E-state index in [9.17, 15) is 4.79 Å². The van der Waals surface area contributed by atoms with Gasteiger partial charge in [0.15, 0.2) is 5.13 Å². The highest BCUT2D eigenvalue weighted by Gasteiger charge is 2.13. The maximum absolute atomic E-state index is 12.3. The normalized spacial score (nSPS) is 10.6. The molecule has 0 bridgehead atoms. The fourth-order valence-corrected chi connectivity index (χ4v) is 3.54. The number of rotatable bonds is 3. The fourth-order valence-electron chi connectivity index (χ4n) is 2.37. The van der Waals surface area contributed by atoms with Gasteiger partial charge in [-0.05, 0) is 47.5 Å². The molecule has 0 aliphatic carbocycles. The third kappa shape index (κ3) is 3.51. The molecule has 2 aromatic carbocycles. The molecule has 3 rings (SSSR count). The highest BCUT2D eigenvalue weighted by molar-refractivity contribution is 9.10. The van der Waals surface area contributed by atoms with E-state index in [4.69, 9.17) is 0 Å². The highest BCUT2D eigenvalue weighted by atomic mass is 79.9. The van der Waals surface area contributed by atoms with Crippen LogP contribution in [0.25, 0.3) is 11.3 Å². The molecule has 1 aromatic heterocycles. The molecule has 0 atom stereocenters. The number of aryl methyl sites for hydroxylation is 2. The number of hydrogen-bond acceptors (Lipinski definition) is 3. The minimum absolute atomic E-state index is 0.168. The summed E-state index contributed by atoms with van der Waals surface area (Å²) < 4.78 is 0.767. The molecular weight excluding hydrogens is 372 g/mol. The predicted octanol–water partition coefficient (Wildman–Crippen LogP) is 5.44. The number of thiazole rings is 1. The fraction of sp³-hybridized carbons (Fsp3) is 0.111. The van der Waals surface area contributed by atoms with E-state index in [1.54, 1.807) is 6.07 Å². The van der Waals surface area contributed by atoms with Crippen molar-refractivity contribution in [1.29, 1.82) is 0 Å². The van der Waals surface area contributed by atoms with Gasteiger partial charge in [0.2, 0.25) is 0 Å². The standard InChI is InChI=1S/C18H15BrN2OS/c1-11-7-8-13(12(2)9-11)16-10-23-18(20-16)21-17(22)14-5-3-4-6-15(14)19/h3-10H,1-2H3,(H,20,21,22). The van der Waals surface area contributed by atoms with Crippen LogP contribution in [0.2, 0.25) is 0 Å². The lowest BCUT2D eigenvalue weighted by Crippen LogP contribution is -2.12. The summed E-state index contributed by atoms with van der Waals surface area (Å²) in [6, 6.07) is 13.6. The number of anilines is 1. The smallest absolute Gasteiger partial charge is 0.258 e. The summed E-state index contributed by atoms with van der Waals surface area (Å²) in [6.45, 7) is 4.14. The van der Waals surface area contributed by atoms with Crippen molar-refractivity contribution in [3.8, 4) is 11.3 Å². The second-order valence-corrected chi connectivity index (χ2v) is 7.00.